The first-order valence-electron chi connectivity index (χ1n) is 7.37. The molecule has 0 amide bonds. The van der Waals surface area contributed by atoms with E-state index in [9.17, 15) is 5.11 Å². The Morgan fingerprint density at radius 1 is 1.53 bits per heavy atom. The second-order valence-corrected chi connectivity index (χ2v) is 5.42. The molecule has 5 heteroatoms. The lowest BCUT2D eigenvalue weighted by molar-refractivity contribution is 0.146. The van der Waals surface area contributed by atoms with Gasteiger partial charge >= 0.3 is 0 Å². The molecule has 1 heterocycles. The van der Waals surface area contributed by atoms with E-state index in [4.69, 9.17) is 5.73 Å². The van der Waals surface area contributed by atoms with Crippen LogP contribution in [-0.2, 0) is 6.54 Å². The van der Waals surface area contributed by atoms with Crippen molar-refractivity contribution in [3.8, 4) is 0 Å². The Hall–Kier alpha value is -0.910. The molecule has 1 aliphatic rings. The van der Waals surface area contributed by atoms with Crippen LogP contribution in [-0.4, -0.2) is 34.1 Å². The van der Waals surface area contributed by atoms with Crippen LogP contribution >= 0.6 is 0 Å². The summed E-state index contributed by atoms with van der Waals surface area (Å²) in [7, 11) is 0. The number of hydrogen-bond acceptors (Lipinski definition) is 4. The molecular formula is C14H26N4O. The number of rotatable bonds is 6. The van der Waals surface area contributed by atoms with Crippen molar-refractivity contribution in [3.05, 3.63) is 18.0 Å². The standard InChI is InChI=1S/C14H26N4O/c1-2-18-9-12(8-16-18)14(7-15)17-13-6-4-3-5-11(13)10-19/h8-9,11,13-14,17,19H,2-7,10,15H2,1H3. The van der Waals surface area contributed by atoms with E-state index >= 15 is 0 Å². The van der Waals surface area contributed by atoms with E-state index in [1.165, 1.54) is 12.8 Å². The fourth-order valence-corrected chi connectivity index (χ4v) is 2.94. The first-order valence-corrected chi connectivity index (χ1v) is 7.37. The second kappa shape index (κ2) is 7.03. The third-order valence-electron chi connectivity index (χ3n) is 4.17. The maximum Gasteiger partial charge on any atom is 0.0538 e. The van der Waals surface area contributed by atoms with E-state index in [1.807, 2.05) is 10.9 Å². The molecule has 0 spiro atoms. The van der Waals surface area contributed by atoms with Crippen LogP contribution in [0.4, 0.5) is 0 Å². The van der Waals surface area contributed by atoms with Gasteiger partial charge in [-0.3, -0.25) is 4.68 Å². The van der Waals surface area contributed by atoms with Gasteiger partial charge in [-0.15, -0.1) is 0 Å². The summed E-state index contributed by atoms with van der Waals surface area (Å²) in [6.07, 6.45) is 8.65. The highest BCUT2D eigenvalue weighted by molar-refractivity contribution is 5.11. The molecule has 3 atom stereocenters. The van der Waals surface area contributed by atoms with Gasteiger partial charge in [-0.2, -0.15) is 5.10 Å². The molecule has 0 radical (unpaired) electrons. The molecule has 0 aliphatic heterocycles. The van der Waals surface area contributed by atoms with Gasteiger partial charge in [0.2, 0.25) is 0 Å². The van der Waals surface area contributed by atoms with Gasteiger partial charge in [0.15, 0.2) is 0 Å². The van der Waals surface area contributed by atoms with Crippen LogP contribution in [0.1, 0.15) is 44.2 Å². The lowest BCUT2D eigenvalue weighted by Gasteiger charge is -2.33. The largest absolute Gasteiger partial charge is 0.396 e. The van der Waals surface area contributed by atoms with E-state index in [0.29, 0.717) is 18.5 Å². The second-order valence-electron chi connectivity index (χ2n) is 5.42. The molecule has 0 bridgehead atoms. The van der Waals surface area contributed by atoms with Crippen LogP contribution in [0.15, 0.2) is 12.4 Å². The summed E-state index contributed by atoms with van der Waals surface area (Å²) >= 11 is 0. The fraction of sp³-hybridized carbons (Fsp3) is 0.786. The highest BCUT2D eigenvalue weighted by atomic mass is 16.3. The summed E-state index contributed by atoms with van der Waals surface area (Å²) in [6, 6.07) is 0.509. The van der Waals surface area contributed by atoms with Gasteiger partial charge in [-0.1, -0.05) is 12.8 Å². The molecule has 1 aromatic rings. The number of nitrogens with two attached hydrogens (primary N) is 1. The Morgan fingerprint density at radius 2 is 2.32 bits per heavy atom. The Kier molecular flexibility index (Phi) is 5.36. The quantitative estimate of drug-likeness (QED) is 0.719. The number of hydrogen-bond donors (Lipinski definition) is 3. The van der Waals surface area contributed by atoms with E-state index < -0.39 is 0 Å². The molecule has 3 unspecified atom stereocenters. The van der Waals surface area contributed by atoms with Crippen molar-refractivity contribution >= 4 is 0 Å². The van der Waals surface area contributed by atoms with E-state index in [-0.39, 0.29) is 12.6 Å². The van der Waals surface area contributed by atoms with Crippen molar-refractivity contribution in [1.29, 1.82) is 0 Å². The van der Waals surface area contributed by atoms with Gasteiger partial charge in [-0.05, 0) is 25.7 Å². The van der Waals surface area contributed by atoms with Gasteiger partial charge in [0.25, 0.3) is 0 Å². The predicted molar refractivity (Wildman–Crippen MR) is 75.7 cm³/mol. The molecule has 1 saturated carbocycles. The molecule has 1 aliphatic carbocycles. The third-order valence-corrected chi connectivity index (χ3v) is 4.17. The van der Waals surface area contributed by atoms with Crippen LogP contribution in [0.25, 0.3) is 0 Å². The highest BCUT2D eigenvalue weighted by Gasteiger charge is 2.26. The van der Waals surface area contributed by atoms with Crippen LogP contribution in [0.2, 0.25) is 0 Å². The monoisotopic (exact) mass is 266 g/mol. The van der Waals surface area contributed by atoms with Crippen molar-refractivity contribution < 1.29 is 5.11 Å². The Balaban J connectivity index is 2.01. The van der Waals surface area contributed by atoms with E-state index in [1.54, 1.807) is 0 Å². The molecule has 4 N–H and O–H groups in total. The summed E-state index contributed by atoms with van der Waals surface area (Å²) in [4.78, 5) is 0. The van der Waals surface area contributed by atoms with Crippen molar-refractivity contribution in [2.75, 3.05) is 13.2 Å². The molecular weight excluding hydrogens is 240 g/mol. The SMILES string of the molecule is CCn1cc(C(CN)NC2CCCCC2CO)cn1. The number of aliphatic hydroxyl groups excluding tert-OH is 1. The van der Waals surface area contributed by atoms with Crippen LogP contribution in [0.3, 0.4) is 0 Å². The van der Waals surface area contributed by atoms with E-state index in [0.717, 1.165) is 24.9 Å². The minimum absolute atomic E-state index is 0.137. The first kappa shape index (κ1) is 14.5. The Morgan fingerprint density at radius 3 is 2.95 bits per heavy atom. The topological polar surface area (TPSA) is 76.1 Å². The zero-order chi connectivity index (χ0) is 13.7. The smallest absolute Gasteiger partial charge is 0.0538 e. The number of aromatic nitrogens is 2. The molecule has 0 aromatic carbocycles. The summed E-state index contributed by atoms with van der Waals surface area (Å²) in [5, 5.41) is 17.4. The molecule has 2 rings (SSSR count). The molecule has 1 aromatic heterocycles. The van der Waals surface area contributed by atoms with Crippen LogP contribution in [0, 0.1) is 5.92 Å². The molecule has 108 valence electrons. The zero-order valence-corrected chi connectivity index (χ0v) is 11.8. The Labute approximate surface area is 115 Å². The summed E-state index contributed by atoms with van der Waals surface area (Å²) in [5.41, 5.74) is 7.04. The normalized spacial score (nSPS) is 25.4. The molecule has 0 saturated heterocycles. The van der Waals surface area contributed by atoms with Crippen LogP contribution < -0.4 is 11.1 Å². The number of nitrogens with one attached hydrogen (secondary N) is 1. The maximum absolute atomic E-state index is 9.47. The average molecular weight is 266 g/mol. The highest BCUT2D eigenvalue weighted by Crippen LogP contribution is 2.26. The van der Waals surface area contributed by atoms with E-state index in [2.05, 4.69) is 23.5 Å². The van der Waals surface area contributed by atoms with Gasteiger partial charge in [0, 0.05) is 43.5 Å². The number of nitrogens with zero attached hydrogens (tertiary/aromatic N) is 2. The summed E-state index contributed by atoms with van der Waals surface area (Å²) in [6.45, 7) is 3.78. The number of aryl methyl sites for hydroxylation is 1. The van der Waals surface area contributed by atoms with Crippen molar-refractivity contribution in [2.45, 2.75) is 51.2 Å². The maximum atomic E-state index is 9.47. The van der Waals surface area contributed by atoms with Crippen molar-refractivity contribution in [2.24, 2.45) is 11.7 Å². The van der Waals surface area contributed by atoms with Gasteiger partial charge in [-0.25, -0.2) is 0 Å². The minimum Gasteiger partial charge on any atom is -0.396 e. The number of aliphatic hydroxyl groups is 1. The lowest BCUT2D eigenvalue weighted by Crippen LogP contribution is -2.44. The molecule has 5 nitrogen and oxygen atoms in total. The minimum atomic E-state index is 0.137. The van der Waals surface area contributed by atoms with Gasteiger partial charge in [0.05, 0.1) is 6.20 Å². The van der Waals surface area contributed by atoms with Crippen molar-refractivity contribution in [3.63, 3.8) is 0 Å². The summed E-state index contributed by atoms with van der Waals surface area (Å²) < 4.78 is 1.92. The average Bonchev–Trinajstić information content (AvgIpc) is 2.93. The predicted octanol–water partition coefficient (Wildman–Crippen LogP) is 1.04. The Bertz CT molecular complexity index is 379. The van der Waals surface area contributed by atoms with Crippen molar-refractivity contribution in [1.82, 2.24) is 15.1 Å². The molecule has 19 heavy (non-hydrogen) atoms. The van der Waals surface area contributed by atoms with Gasteiger partial charge < -0.3 is 16.2 Å². The zero-order valence-electron chi connectivity index (χ0n) is 11.8. The van der Waals surface area contributed by atoms with Gasteiger partial charge in [0.1, 0.15) is 0 Å². The fourth-order valence-electron chi connectivity index (χ4n) is 2.94. The third kappa shape index (κ3) is 3.55. The first-order chi connectivity index (χ1) is 9.28. The lowest BCUT2D eigenvalue weighted by atomic mass is 9.84. The molecule has 1 fully saturated rings. The summed E-state index contributed by atoms with van der Waals surface area (Å²) in [5.74, 6) is 0.365. The van der Waals surface area contributed by atoms with Crippen LogP contribution in [0.5, 0.6) is 0 Å².